The van der Waals surface area contributed by atoms with Crippen LogP contribution in [0.4, 0.5) is 5.69 Å². The van der Waals surface area contributed by atoms with E-state index in [0.717, 1.165) is 0 Å². The molecule has 0 aliphatic heterocycles. The Labute approximate surface area is 108 Å². The lowest BCUT2D eigenvalue weighted by atomic mass is 10.3. The van der Waals surface area contributed by atoms with Gasteiger partial charge in [-0.3, -0.25) is 20.4 Å². The zero-order valence-electron chi connectivity index (χ0n) is 8.92. The van der Waals surface area contributed by atoms with Crippen LogP contribution >= 0.6 is 23.2 Å². The molecule has 0 spiro atoms. The SMILES string of the molecule is COC(=O)CC(=O)NNc1ccc(Cl)c(Cl)c1. The van der Waals surface area contributed by atoms with Crippen molar-refractivity contribution >= 4 is 40.8 Å². The fourth-order valence-electron chi connectivity index (χ4n) is 0.963. The zero-order valence-corrected chi connectivity index (χ0v) is 10.4. The number of halogens is 2. The van der Waals surface area contributed by atoms with E-state index in [1.807, 2.05) is 0 Å². The molecule has 0 aliphatic rings. The first-order chi connectivity index (χ1) is 8.02. The summed E-state index contributed by atoms with van der Waals surface area (Å²) in [5, 5.41) is 0.775. The van der Waals surface area contributed by atoms with Gasteiger partial charge in [-0.1, -0.05) is 23.2 Å². The number of carbonyl (C=O) groups is 2. The molecule has 5 nitrogen and oxygen atoms in total. The van der Waals surface area contributed by atoms with E-state index in [2.05, 4.69) is 15.6 Å². The standard InChI is InChI=1S/C10H10Cl2N2O3/c1-17-10(16)5-9(15)14-13-6-2-3-7(11)8(12)4-6/h2-4,13H,5H2,1H3,(H,14,15). The van der Waals surface area contributed by atoms with Crippen molar-refractivity contribution in [2.45, 2.75) is 6.42 Å². The second-order valence-electron chi connectivity index (χ2n) is 3.05. The van der Waals surface area contributed by atoms with Crippen LogP contribution in [0.1, 0.15) is 6.42 Å². The lowest BCUT2D eigenvalue weighted by molar-refractivity contribution is -0.143. The number of benzene rings is 1. The monoisotopic (exact) mass is 276 g/mol. The number of amides is 1. The van der Waals surface area contributed by atoms with Crippen molar-refractivity contribution in [2.75, 3.05) is 12.5 Å². The molecule has 0 aliphatic carbocycles. The van der Waals surface area contributed by atoms with E-state index in [4.69, 9.17) is 23.2 Å². The molecule has 0 fully saturated rings. The molecule has 0 aromatic heterocycles. The Bertz CT molecular complexity index is 438. The molecule has 0 heterocycles. The Hall–Kier alpha value is -1.46. The normalized spacial score (nSPS) is 9.59. The number of nitrogens with one attached hydrogen (secondary N) is 2. The molecule has 92 valence electrons. The summed E-state index contributed by atoms with van der Waals surface area (Å²) in [6.07, 6.45) is -0.356. The fraction of sp³-hybridized carbons (Fsp3) is 0.200. The van der Waals surface area contributed by atoms with Crippen molar-refractivity contribution in [3.8, 4) is 0 Å². The summed E-state index contributed by atoms with van der Waals surface area (Å²) in [4.78, 5) is 22.0. The highest BCUT2D eigenvalue weighted by Gasteiger charge is 2.08. The van der Waals surface area contributed by atoms with Gasteiger partial charge < -0.3 is 4.74 Å². The number of carbonyl (C=O) groups excluding carboxylic acids is 2. The van der Waals surface area contributed by atoms with Crippen LogP contribution < -0.4 is 10.9 Å². The number of esters is 1. The van der Waals surface area contributed by atoms with Gasteiger partial charge in [-0.25, -0.2) is 0 Å². The minimum Gasteiger partial charge on any atom is -0.469 e. The Balaban J connectivity index is 2.47. The number of methoxy groups -OCH3 is 1. The highest BCUT2D eigenvalue weighted by Crippen LogP contribution is 2.24. The highest BCUT2D eigenvalue weighted by atomic mass is 35.5. The van der Waals surface area contributed by atoms with Crippen molar-refractivity contribution in [3.63, 3.8) is 0 Å². The lowest BCUT2D eigenvalue weighted by Crippen LogP contribution is -2.31. The van der Waals surface area contributed by atoms with Crippen LogP contribution in [0, 0.1) is 0 Å². The molecule has 17 heavy (non-hydrogen) atoms. The third-order valence-corrected chi connectivity index (χ3v) is 2.54. The molecule has 1 rings (SSSR count). The van der Waals surface area contributed by atoms with Crippen molar-refractivity contribution < 1.29 is 14.3 Å². The topological polar surface area (TPSA) is 67.4 Å². The van der Waals surface area contributed by atoms with E-state index in [0.29, 0.717) is 15.7 Å². The smallest absolute Gasteiger partial charge is 0.315 e. The van der Waals surface area contributed by atoms with E-state index < -0.39 is 11.9 Å². The van der Waals surface area contributed by atoms with Crippen LogP contribution in [0.2, 0.25) is 10.0 Å². The van der Waals surface area contributed by atoms with Gasteiger partial charge >= 0.3 is 5.97 Å². The van der Waals surface area contributed by atoms with Crippen molar-refractivity contribution in [2.24, 2.45) is 0 Å². The molecule has 0 saturated carbocycles. The second-order valence-corrected chi connectivity index (χ2v) is 3.87. The molecule has 1 aromatic rings. The van der Waals surface area contributed by atoms with Gasteiger partial charge in [0.1, 0.15) is 6.42 Å². The highest BCUT2D eigenvalue weighted by molar-refractivity contribution is 6.42. The van der Waals surface area contributed by atoms with E-state index in [-0.39, 0.29) is 6.42 Å². The number of anilines is 1. The molecule has 0 unspecified atom stereocenters. The first-order valence-electron chi connectivity index (χ1n) is 4.59. The van der Waals surface area contributed by atoms with E-state index in [1.165, 1.54) is 7.11 Å². The third kappa shape index (κ3) is 4.50. The molecule has 0 bridgehead atoms. The molecule has 7 heteroatoms. The van der Waals surface area contributed by atoms with Gasteiger partial charge in [-0.05, 0) is 18.2 Å². The Morgan fingerprint density at radius 3 is 2.59 bits per heavy atom. The summed E-state index contributed by atoms with van der Waals surface area (Å²) in [6.45, 7) is 0. The molecular weight excluding hydrogens is 267 g/mol. The Morgan fingerprint density at radius 1 is 1.29 bits per heavy atom. The first-order valence-corrected chi connectivity index (χ1v) is 5.35. The van der Waals surface area contributed by atoms with Crippen molar-refractivity contribution in [1.29, 1.82) is 0 Å². The van der Waals surface area contributed by atoms with Gasteiger partial charge in [0.2, 0.25) is 5.91 Å². The van der Waals surface area contributed by atoms with Crippen molar-refractivity contribution in [1.82, 2.24) is 5.43 Å². The van der Waals surface area contributed by atoms with Gasteiger partial charge in [0, 0.05) is 0 Å². The lowest BCUT2D eigenvalue weighted by Gasteiger charge is -2.08. The van der Waals surface area contributed by atoms with E-state index in [9.17, 15) is 9.59 Å². The van der Waals surface area contributed by atoms with Crippen molar-refractivity contribution in [3.05, 3.63) is 28.2 Å². The Morgan fingerprint density at radius 2 is 2.00 bits per heavy atom. The van der Waals surface area contributed by atoms with Crippen LogP contribution in [-0.4, -0.2) is 19.0 Å². The molecule has 0 atom stereocenters. The van der Waals surface area contributed by atoms with Crippen LogP contribution in [0.25, 0.3) is 0 Å². The average molecular weight is 277 g/mol. The first kappa shape index (κ1) is 13.6. The summed E-state index contributed by atoms with van der Waals surface area (Å²) in [5.41, 5.74) is 5.46. The van der Waals surface area contributed by atoms with Crippen LogP contribution in [-0.2, 0) is 14.3 Å². The summed E-state index contributed by atoms with van der Waals surface area (Å²) >= 11 is 11.5. The zero-order chi connectivity index (χ0) is 12.8. The average Bonchev–Trinajstić information content (AvgIpc) is 2.30. The molecule has 1 aromatic carbocycles. The number of rotatable bonds is 4. The summed E-state index contributed by atoms with van der Waals surface area (Å²) < 4.78 is 4.34. The maximum atomic E-state index is 11.2. The summed E-state index contributed by atoms with van der Waals surface area (Å²) in [5.74, 6) is -1.12. The summed E-state index contributed by atoms with van der Waals surface area (Å²) in [7, 11) is 1.21. The van der Waals surface area contributed by atoms with E-state index in [1.54, 1.807) is 18.2 Å². The van der Waals surface area contributed by atoms with Gasteiger partial charge in [0.25, 0.3) is 0 Å². The Kier molecular flexibility index (Phi) is 5.06. The van der Waals surface area contributed by atoms with Crippen LogP contribution in [0.5, 0.6) is 0 Å². The quantitative estimate of drug-likeness (QED) is 0.502. The minimum atomic E-state index is -0.613. The predicted molar refractivity (Wildman–Crippen MR) is 64.9 cm³/mol. The second kappa shape index (κ2) is 6.32. The number of hydrogen-bond acceptors (Lipinski definition) is 4. The maximum absolute atomic E-state index is 11.2. The van der Waals surface area contributed by atoms with Gasteiger partial charge in [-0.2, -0.15) is 0 Å². The molecule has 0 saturated heterocycles. The van der Waals surface area contributed by atoms with Gasteiger partial charge in [-0.15, -0.1) is 0 Å². The predicted octanol–water partition coefficient (Wildman–Crippen LogP) is 2.00. The molecule has 1 amide bonds. The fourth-order valence-corrected chi connectivity index (χ4v) is 1.26. The largest absolute Gasteiger partial charge is 0.469 e. The number of hydrogen-bond donors (Lipinski definition) is 2. The van der Waals surface area contributed by atoms with Gasteiger partial charge in [0.15, 0.2) is 0 Å². The molecular formula is C10H10Cl2N2O3. The van der Waals surface area contributed by atoms with E-state index >= 15 is 0 Å². The summed E-state index contributed by atoms with van der Waals surface area (Å²) in [6, 6.07) is 4.76. The number of ether oxygens (including phenoxy) is 1. The molecule has 0 radical (unpaired) electrons. The van der Waals surface area contributed by atoms with Gasteiger partial charge in [0.05, 0.1) is 22.8 Å². The molecule has 2 N–H and O–H groups in total. The third-order valence-electron chi connectivity index (χ3n) is 1.80. The van der Waals surface area contributed by atoms with Crippen LogP contribution in [0.3, 0.4) is 0 Å². The number of hydrazine groups is 1. The minimum absolute atomic E-state index is 0.356. The maximum Gasteiger partial charge on any atom is 0.315 e. The van der Waals surface area contributed by atoms with Crippen LogP contribution in [0.15, 0.2) is 18.2 Å².